The molecule has 0 spiro atoms. The molecule has 0 amide bonds. The molecule has 106 heavy (non-hydrogen) atoms. The molecule has 3 aliphatic heterocycles. The minimum atomic E-state index is -0.817. The second-order valence-corrected chi connectivity index (χ2v) is 29.3. The van der Waals surface area contributed by atoms with Crippen LogP contribution in [0.1, 0.15) is 148 Å². The summed E-state index contributed by atoms with van der Waals surface area (Å²) in [5.41, 5.74) is 8.70. The largest absolute Gasteiger partial charge is 0.498 e. The highest BCUT2D eigenvalue weighted by Gasteiger charge is 2.54. The number of esters is 2. The molecule has 566 valence electrons. The summed E-state index contributed by atoms with van der Waals surface area (Å²) in [6.45, 7) is 25.2. The van der Waals surface area contributed by atoms with E-state index in [1.165, 1.54) is 24.3 Å². The molecule has 0 unspecified atom stereocenters. The molecule has 20 nitrogen and oxygen atoms in total. The molecule has 7 heterocycles. The zero-order chi connectivity index (χ0) is 75.6. The van der Waals surface area contributed by atoms with E-state index in [-0.39, 0.29) is 18.2 Å². The third-order valence-corrected chi connectivity index (χ3v) is 22.0. The van der Waals surface area contributed by atoms with Gasteiger partial charge in [-0.1, -0.05) is 73.4 Å². The van der Waals surface area contributed by atoms with Crippen LogP contribution >= 0.6 is 39.1 Å². The number of aliphatic hydroxyl groups excluding tert-OH is 2. The van der Waals surface area contributed by atoms with Crippen molar-refractivity contribution in [3.05, 3.63) is 169 Å². The van der Waals surface area contributed by atoms with Crippen LogP contribution in [0.4, 0.5) is 8.78 Å². The highest BCUT2D eigenvalue weighted by Crippen LogP contribution is 2.44. The SMILES string of the molecule is CCOC(=O)c1[nH]c2c(-c3c([C@H](O)CCN4CCOCC4)nn(C)c3CC)c(Cl)ccc2c1CCCOc1cccc2cc(F)ccc12.CCOC(=O)c1[nH]c2c(Br)c(Cl)ccc2c1CCCOc1cccc2cc(F)ccc12.CCc1c(B2OC(C)(C)C(C)(C)O2)c([C@H](O)CCN2CCOCC2)nn1C. The third kappa shape index (κ3) is 18.0. The van der Waals surface area contributed by atoms with Crippen molar-refractivity contribution in [1.29, 1.82) is 0 Å². The number of morpholine rings is 2. The van der Waals surface area contributed by atoms with Gasteiger partial charge in [0.05, 0.1) is 113 Å². The molecule has 2 atom stereocenters. The van der Waals surface area contributed by atoms with Crippen LogP contribution in [0.3, 0.4) is 0 Å². The lowest BCUT2D eigenvalue weighted by atomic mass is 9.75. The summed E-state index contributed by atoms with van der Waals surface area (Å²) in [4.78, 5) is 37.0. The molecule has 3 saturated heterocycles. The quantitative estimate of drug-likeness (QED) is 0.0225. The van der Waals surface area contributed by atoms with Crippen molar-refractivity contribution in [2.75, 3.05) is 92.1 Å². The number of carbonyl (C=O) groups is 2. The molecule has 13 rings (SSSR count). The fourth-order valence-electron chi connectivity index (χ4n) is 14.1. The van der Waals surface area contributed by atoms with E-state index in [0.29, 0.717) is 138 Å². The van der Waals surface area contributed by atoms with E-state index in [4.69, 9.17) is 66.0 Å². The number of aliphatic hydroxyl groups is 2. The van der Waals surface area contributed by atoms with Gasteiger partial charge in [-0.2, -0.15) is 10.2 Å². The molecule has 26 heteroatoms. The van der Waals surface area contributed by atoms with Gasteiger partial charge in [0, 0.05) is 103 Å². The van der Waals surface area contributed by atoms with Crippen LogP contribution in [0.25, 0.3) is 54.5 Å². The first kappa shape index (κ1) is 79.6. The molecular formula is C80H96BBrCl2F2N8O12. The maximum absolute atomic E-state index is 13.8. The van der Waals surface area contributed by atoms with E-state index in [2.05, 4.69) is 54.6 Å². The van der Waals surface area contributed by atoms with Crippen LogP contribution in [0.2, 0.25) is 10.0 Å². The first-order chi connectivity index (χ1) is 50.9. The van der Waals surface area contributed by atoms with Gasteiger partial charge in [0.2, 0.25) is 0 Å². The zero-order valence-electron chi connectivity index (χ0n) is 62.1. The van der Waals surface area contributed by atoms with Crippen molar-refractivity contribution in [3.8, 4) is 22.6 Å². The van der Waals surface area contributed by atoms with Gasteiger partial charge in [-0.05, 0) is 191 Å². The predicted molar refractivity (Wildman–Crippen MR) is 415 cm³/mol. The summed E-state index contributed by atoms with van der Waals surface area (Å²) in [6.07, 6.45) is 3.57. The molecule has 3 aliphatic rings. The van der Waals surface area contributed by atoms with Gasteiger partial charge in [0.25, 0.3) is 0 Å². The number of hydrogen-bond donors (Lipinski definition) is 4. The van der Waals surface area contributed by atoms with Gasteiger partial charge in [0.1, 0.15) is 34.5 Å². The smallest absolute Gasteiger partial charge is 0.493 e. The number of aromatic amines is 2. The molecule has 10 aromatic rings. The number of fused-ring (bicyclic) bond motifs is 4. The van der Waals surface area contributed by atoms with E-state index >= 15 is 0 Å². The number of benzene rings is 6. The molecule has 0 aliphatic carbocycles. The van der Waals surface area contributed by atoms with Crippen molar-refractivity contribution >= 4 is 107 Å². The van der Waals surface area contributed by atoms with E-state index in [1.54, 1.807) is 32.0 Å². The predicted octanol–water partition coefficient (Wildman–Crippen LogP) is 15.1. The molecule has 0 radical (unpaired) electrons. The summed E-state index contributed by atoms with van der Waals surface area (Å²) in [5, 5.41) is 38.0. The Morgan fingerprint density at radius 1 is 0.604 bits per heavy atom. The number of halogens is 5. The summed E-state index contributed by atoms with van der Waals surface area (Å²) in [5.74, 6) is -0.0334. The van der Waals surface area contributed by atoms with Gasteiger partial charge in [-0.15, -0.1) is 0 Å². The zero-order valence-corrected chi connectivity index (χ0v) is 65.2. The number of aryl methyl sites for hydroxylation is 4. The Labute approximate surface area is 636 Å². The average Bonchev–Trinajstić information content (AvgIpc) is 1.59. The molecular weight excluding hydrogens is 1460 g/mol. The Hall–Kier alpha value is -7.46. The number of nitrogens with one attached hydrogen (secondary N) is 2. The lowest BCUT2D eigenvalue weighted by Gasteiger charge is -2.32. The van der Waals surface area contributed by atoms with Crippen LogP contribution in [0.15, 0.2) is 102 Å². The number of nitrogens with zero attached hydrogens (tertiary/aromatic N) is 6. The maximum atomic E-state index is 13.8. The standard InChI is InChI=1S/C37H42ClFN4O5.C24H20BrClFNO3.C19H34BN3O4/c1-4-29-33(36(41-42(29)3)30(44)15-16-43-17-20-46-21-18-43)32-28(38)14-13-27-26(35(40-34(27)32)37(45)47-5-2)9-7-19-48-31-10-6-8-23-22-24(39)11-12-25(23)31;1-2-30-24(29)23-17(18-10-11-19(26)21(25)22(18)28-23)6-4-12-31-20-7-3-5-14-13-15(27)8-9-16(14)20;1-7-14-16(20-26-18(2,3)19(4,5)27-20)17(21-22(14)6)15(24)8-9-23-10-12-25-13-11-23/h6,8,10-14,22,30,40,44H,4-5,7,9,15-21H2,1-3H3;3,5,7-11,13,28H,2,4,6,12H2,1H3;15,24H,7-13H2,1-6H3/t30-;;15-/m1.1/s1. The Balaban J connectivity index is 0.000000168. The van der Waals surface area contributed by atoms with Crippen molar-refractivity contribution < 1.29 is 66.3 Å². The molecule has 6 aromatic carbocycles. The van der Waals surface area contributed by atoms with Crippen LogP contribution in [-0.4, -0.2) is 172 Å². The van der Waals surface area contributed by atoms with Crippen molar-refractivity contribution in [2.45, 2.75) is 130 Å². The Morgan fingerprint density at radius 2 is 1.05 bits per heavy atom. The first-order valence-electron chi connectivity index (χ1n) is 36.7. The number of carbonyl (C=O) groups excluding carboxylic acids is 2. The lowest BCUT2D eigenvalue weighted by molar-refractivity contribution is 0.00578. The first-order valence-corrected chi connectivity index (χ1v) is 38.2. The lowest BCUT2D eigenvalue weighted by Crippen LogP contribution is -2.41. The monoisotopic (exact) mass is 1560 g/mol. The van der Waals surface area contributed by atoms with E-state index in [9.17, 15) is 28.6 Å². The molecule has 0 saturated carbocycles. The number of aromatic nitrogens is 6. The second-order valence-electron chi connectivity index (χ2n) is 27.7. The summed E-state index contributed by atoms with van der Waals surface area (Å²) < 4.78 is 77.9. The highest BCUT2D eigenvalue weighted by atomic mass is 79.9. The molecule has 3 fully saturated rings. The van der Waals surface area contributed by atoms with Gasteiger partial charge < -0.3 is 57.9 Å². The Morgan fingerprint density at radius 3 is 1.54 bits per heavy atom. The number of ether oxygens (including phenoxy) is 6. The van der Waals surface area contributed by atoms with Crippen LogP contribution in [0.5, 0.6) is 11.5 Å². The Kier molecular flexibility index (Phi) is 26.8. The minimum absolute atomic E-state index is 0.230. The van der Waals surface area contributed by atoms with E-state index in [0.717, 1.165) is 130 Å². The molecule has 4 aromatic heterocycles. The van der Waals surface area contributed by atoms with Gasteiger partial charge in [0.15, 0.2) is 0 Å². The van der Waals surface area contributed by atoms with Crippen molar-refractivity contribution in [1.82, 2.24) is 39.3 Å². The fraction of sp³-hybridized carbons (Fsp3) is 0.450. The minimum Gasteiger partial charge on any atom is -0.493 e. The number of rotatable bonds is 26. The third-order valence-electron chi connectivity index (χ3n) is 20.3. The van der Waals surface area contributed by atoms with Crippen molar-refractivity contribution in [2.24, 2.45) is 14.1 Å². The van der Waals surface area contributed by atoms with E-state index < -0.39 is 42.5 Å². The normalized spacial score (nSPS) is 15.9. The second kappa shape index (κ2) is 35.7. The summed E-state index contributed by atoms with van der Waals surface area (Å²) in [7, 11) is 3.29. The molecule has 4 N–H and O–H groups in total. The number of H-pyrrole nitrogens is 2. The van der Waals surface area contributed by atoms with Crippen molar-refractivity contribution in [3.63, 3.8) is 0 Å². The Bertz CT molecular complexity index is 4710. The van der Waals surface area contributed by atoms with Crippen LogP contribution < -0.4 is 14.9 Å². The highest BCUT2D eigenvalue weighted by molar-refractivity contribution is 9.10. The fourth-order valence-corrected chi connectivity index (χ4v) is 15.0. The van der Waals surface area contributed by atoms with Crippen LogP contribution in [0, 0.1) is 11.6 Å². The van der Waals surface area contributed by atoms with Gasteiger partial charge in [-0.25, -0.2) is 18.4 Å². The molecule has 0 bridgehead atoms. The van der Waals surface area contributed by atoms with Crippen LogP contribution in [-0.2, 0) is 68.0 Å². The average molecular weight is 1560 g/mol. The summed E-state index contributed by atoms with van der Waals surface area (Å²) in [6, 6.07) is 27.9. The summed E-state index contributed by atoms with van der Waals surface area (Å²) >= 11 is 16.7. The van der Waals surface area contributed by atoms with Gasteiger partial charge in [-0.3, -0.25) is 19.2 Å². The topological polar surface area (TPSA) is 222 Å². The number of hydrogen-bond acceptors (Lipinski definition) is 16. The van der Waals surface area contributed by atoms with E-state index in [1.807, 2.05) is 106 Å². The van der Waals surface area contributed by atoms with Gasteiger partial charge >= 0.3 is 19.1 Å². The maximum Gasteiger partial charge on any atom is 0.498 e.